The lowest BCUT2D eigenvalue weighted by Gasteiger charge is -2.41. The van der Waals surface area contributed by atoms with Gasteiger partial charge in [0.15, 0.2) is 0 Å². The minimum absolute atomic E-state index is 0.0216. The number of amides is 2. The summed E-state index contributed by atoms with van der Waals surface area (Å²) >= 11 is 0. The number of carbonyl (C=O) groups is 3. The molecule has 1 saturated heterocycles. The fourth-order valence-electron chi connectivity index (χ4n) is 4.94. The topological polar surface area (TPSA) is 95.9 Å². The average Bonchev–Trinajstić information content (AvgIpc) is 3.09. The van der Waals surface area contributed by atoms with Crippen molar-refractivity contribution in [2.75, 3.05) is 19.7 Å². The maximum absolute atomic E-state index is 12.8. The molecule has 186 valence electrons. The normalized spacial score (nSPS) is 16.1. The van der Waals surface area contributed by atoms with E-state index in [2.05, 4.69) is 29.6 Å². The van der Waals surface area contributed by atoms with E-state index >= 15 is 0 Å². The Balaban J connectivity index is 1.33. The van der Waals surface area contributed by atoms with Gasteiger partial charge < -0.3 is 20.1 Å². The average molecular weight is 479 g/mol. The quantitative estimate of drug-likeness (QED) is 0.576. The second-order valence-corrected chi connectivity index (χ2v) is 10.7. The Kier molecular flexibility index (Phi) is 7.15. The van der Waals surface area contributed by atoms with Gasteiger partial charge in [-0.1, -0.05) is 69.3 Å². The summed E-state index contributed by atoms with van der Waals surface area (Å²) < 4.78 is 5.69. The zero-order valence-corrected chi connectivity index (χ0v) is 20.6. The van der Waals surface area contributed by atoms with E-state index in [-0.39, 0.29) is 48.6 Å². The highest BCUT2D eigenvalue weighted by Gasteiger charge is 2.36. The molecule has 7 heteroatoms. The largest absolute Gasteiger partial charge is 0.481 e. The highest BCUT2D eigenvalue weighted by atomic mass is 16.5. The van der Waals surface area contributed by atoms with Crippen molar-refractivity contribution in [2.24, 2.45) is 11.3 Å². The molecule has 1 fully saturated rings. The number of aliphatic carboxylic acids is 1. The molecule has 0 spiro atoms. The van der Waals surface area contributed by atoms with Gasteiger partial charge in [0.1, 0.15) is 6.61 Å². The number of nitrogens with zero attached hydrogens (tertiary/aromatic N) is 1. The summed E-state index contributed by atoms with van der Waals surface area (Å²) in [5.41, 5.74) is 4.31. The van der Waals surface area contributed by atoms with Crippen LogP contribution in [-0.4, -0.2) is 53.7 Å². The Labute approximate surface area is 206 Å². The molecule has 4 rings (SSSR count). The van der Waals surface area contributed by atoms with Crippen molar-refractivity contribution >= 4 is 18.0 Å². The van der Waals surface area contributed by atoms with Gasteiger partial charge in [0, 0.05) is 37.9 Å². The molecule has 2 aliphatic rings. The number of fused-ring (bicyclic) bond motifs is 3. The van der Waals surface area contributed by atoms with E-state index in [1.165, 1.54) is 11.1 Å². The van der Waals surface area contributed by atoms with Gasteiger partial charge in [-0.3, -0.25) is 9.59 Å². The maximum atomic E-state index is 12.8. The molecule has 0 bridgehead atoms. The summed E-state index contributed by atoms with van der Waals surface area (Å²) in [5.74, 6) is -0.629. The zero-order valence-electron chi connectivity index (χ0n) is 20.6. The van der Waals surface area contributed by atoms with Crippen LogP contribution in [-0.2, 0) is 14.3 Å². The van der Waals surface area contributed by atoms with Gasteiger partial charge in [-0.05, 0) is 40.0 Å². The Hall–Kier alpha value is -3.35. The van der Waals surface area contributed by atoms with E-state index < -0.39 is 12.1 Å². The standard InChI is InChI=1S/C28H34N2O5/c1-28(2,3)24(14-25(31)30-15-18(16-30)12-13-26(32)33)29-27(34)35-17-23-21-10-6-4-8-19(21)20-9-5-7-11-22(20)23/h4-11,18,23-24H,12-17H2,1-3H3,(H,29,34)(H,32,33). The molecule has 1 aliphatic heterocycles. The Bertz CT molecular complexity index is 1060. The molecule has 0 saturated carbocycles. The third-order valence-corrected chi connectivity index (χ3v) is 7.14. The van der Waals surface area contributed by atoms with Crippen LogP contribution in [0.1, 0.15) is 57.1 Å². The van der Waals surface area contributed by atoms with Crippen LogP contribution in [0.2, 0.25) is 0 Å². The van der Waals surface area contributed by atoms with Gasteiger partial charge in [0.25, 0.3) is 0 Å². The first kappa shape index (κ1) is 24.8. The third-order valence-electron chi connectivity index (χ3n) is 7.14. The lowest BCUT2D eigenvalue weighted by molar-refractivity contribution is -0.140. The van der Waals surface area contributed by atoms with Crippen LogP contribution in [0.25, 0.3) is 11.1 Å². The minimum Gasteiger partial charge on any atom is -0.481 e. The summed E-state index contributed by atoms with van der Waals surface area (Å²) in [6.07, 6.45) is 0.363. The molecule has 2 aromatic carbocycles. The van der Waals surface area contributed by atoms with E-state index in [9.17, 15) is 14.4 Å². The number of hydrogen-bond acceptors (Lipinski definition) is 4. The van der Waals surface area contributed by atoms with Crippen LogP contribution in [0.3, 0.4) is 0 Å². The number of benzene rings is 2. The summed E-state index contributed by atoms with van der Waals surface area (Å²) in [4.78, 5) is 38.1. The van der Waals surface area contributed by atoms with Crippen molar-refractivity contribution in [1.29, 1.82) is 0 Å². The SMILES string of the molecule is CC(C)(C)C(CC(=O)N1CC(CCC(=O)O)C1)NC(=O)OCC1c2ccccc2-c2ccccc21. The van der Waals surface area contributed by atoms with Crippen molar-refractivity contribution < 1.29 is 24.2 Å². The van der Waals surface area contributed by atoms with E-state index in [4.69, 9.17) is 9.84 Å². The summed E-state index contributed by atoms with van der Waals surface area (Å²) in [7, 11) is 0. The van der Waals surface area contributed by atoms with Crippen LogP contribution < -0.4 is 5.32 Å². The monoisotopic (exact) mass is 478 g/mol. The second kappa shape index (κ2) is 10.1. The highest BCUT2D eigenvalue weighted by molar-refractivity contribution is 5.80. The number of rotatable bonds is 8. The molecule has 0 radical (unpaired) electrons. The van der Waals surface area contributed by atoms with Gasteiger partial charge >= 0.3 is 12.1 Å². The molecule has 35 heavy (non-hydrogen) atoms. The molecular weight excluding hydrogens is 444 g/mol. The fourth-order valence-corrected chi connectivity index (χ4v) is 4.94. The van der Waals surface area contributed by atoms with Gasteiger partial charge in [-0.25, -0.2) is 4.79 Å². The van der Waals surface area contributed by atoms with Crippen molar-refractivity contribution in [3.63, 3.8) is 0 Å². The molecule has 2 aromatic rings. The number of carbonyl (C=O) groups excluding carboxylic acids is 2. The molecule has 0 aromatic heterocycles. The Morgan fingerprint density at radius 1 is 1.03 bits per heavy atom. The summed E-state index contributed by atoms with van der Waals surface area (Å²) in [6.45, 7) is 7.34. The number of likely N-dealkylation sites (tertiary alicyclic amines) is 1. The first-order valence-corrected chi connectivity index (χ1v) is 12.2. The lowest BCUT2D eigenvalue weighted by Crippen LogP contribution is -2.53. The molecule has 1 unspecified atom stereocenters. The molecule has 7 nitrogen and oxygen atoms in total. The van der Waals surface area contributed by atoms with E-state index in [0.29, 0.717) is 19.5 Å². The van der Waals surface area contributed by atoms with Gasteiger partial charge in [0.05, 0.1) is 0 Å². The lowest BCUT2D eigenvalue weighted by atomic mass is 9.84. The van der Waals surface area contributed by atoms with Crippen molar-refractivity contribution in [3.05, 3.63) is 59.7 Å². The zero-order chi connectivity index (χ0) is 25.2. The predicted octanol–water partition coefficient (Wildman–Crippen LogP) is 4.65. The number of carboxylic acids is 1. The third kappa shape index (κ3) is 5.66. The van der Waals surface area contributed by atoms with Crippen molar-refractivity contribution in [3.8, 4) is 11.1 Å². The maximum Gasteiger partial charge on any atom is 0.407 e. The second-order valence-electron chi connectivity index (χ2n) is 10.7. The molecule has 1 atom stereocenters. The van der Waals surface area contributed by atoms with E-state index in [1.807, 2.05) is 45.0 Å². The molecular formula is C28H34N2O5. The van der Waals surface area contributed by atoms with Crippen LogP contribution in [0, 0.1) is 11.3 Å². The summed E-state index contributed by atoms with van der Waals surface area (Å²) in [5, 5.41) is 11.8. The molecule has 1 heterocycles. The van der Waals surface area contributed by atoms with Crippen LogP contribution >= 0.6 is 0 Å². The first-order chi connectivity index (χ1) is 16.6. The van der Waals surface area contributed by atoms with Gasteiger partial charge in [-0.15, -0.1) is 0 Å². The predicted molar refractivity (Wildman–Crippen MR) is 133 cm³/mol. The fraction of sp³-hybridized carbons (Fsp3) is 0.464. The molecule has 2 N–H and O–H groups in total. The highest BCUT2D eigenvalue weighted by Crippen LogP contribution is 2.44. The number of alkyl carbamates (subject to hydrolysis) is 1. The smallest absolute Gasteiger partial charge is 0.407 e. The van der Waals surface area contributed by atoms with E-state index in [0.717, 1.165) is 11.1 Å². The number of nitrogens with one attached hydrogen (secondary N) is 1. The van der Waals surface area contributed by atoms with Crippen LogP contribution in [0.4, 0.5) is 4.79 Å². The van der Waals surface area contributed by atoms with Crippen LogP contribution in [0.15, 0.2) is 48.5 Å². The van der Waals surface area contributed by atoms with Gasteiger partial charge in [0.2, 0.25) is 5.91 Å². The number of carboxylic acid groups (broad SMARTS) is 1. The molecule has 2 amide bonds. The Morgan fingerprint density at radius 2 is 1.60 bits per heavy atom. The minimum atomic E-state index is -0.810. The Morgan fingerprint density at radius 3 is 2.14 bits per heavy atom. The van der Waals surface area contributed by atoms with Crippen molar-refractivity contribution in [2.45, 2.75) is 52.0 Å². The first-order valence-electron chi connectivity index (χ1n) is 12.2. The van der Waals surface area contributed by atoms with Crippen molar-refractivity contribution in [1.82, 2.24) is 10.2 Å². The summed E-state index contributed by atoms with van der Waals surface area (Å²) in [6, 6.07) is 16.0. The number of ether oxygens (including phenoxy) is 1. The van der Waals surface area contributed by atoms with E-state index in [1.54, 1.807) is 4.90 Å². The van der Waals surface area contributed by atoms with Crippen LogP contribution in [0.5, 0.6) is 0 Å². The molecule has 1 aliphatic carbocycles. The number of hydrogen-bond donors (Lipinski definition) is 2. The van der Waals surface area contributed by atoms with Gasteiger partial charge in [-0.2, -0.15) is 0 Å².